The number of amides is 1. The van der Waals surface area contributed by atoms with Crippen LogP contribution in [0.2, 0.25) is 0 Å². The number of nitro benzene ring substituents is 1. The maximum Gasteiger partial charge on any atom is 0.273 e. The molecule has 0 spiro atoms. The van der Waals surface area contributed by atoms with E-state index in [1.54, 1.807) is 12.1 Å². The van der Waals surface area contributed by atoms with E-state index in [0.29, 0.717) is 30.1 Å². The van der Waals surface area contributed by atoms with Crippen molar-refractivity contribution >= 4 is 11.6 Å². The summed E-state index contributed by atoms with van der Waals surface area (Å²) >= 11 is 0. The molecule has 0 bridgehead atoms. The third-order valence-corrected chi connectivity index (χ3v) is 4.64. The van der Waals surface area contributed by atoms with Crippen LogP contribution in [0, 0.1) is 16.0 Å². The first-order chi connectivity index (χ1) is 11.2. The van der Waals surface area contributed by atoms with Crippen LogP contribution in [0.3, 0.4) is 0 Å². The molecule has 1 N–H and O–H groups in total. The molecule has 0 atom stereocenters. The predicted octanol–water partition coefficient (Wildman–Crippen LogP) is 2.96. The Morgan fingerprint density at radius 3 is 2.46 bits per heavy atom. The fraction of sp³-hybridized carbons (Fsp3) is 0.611. The summed E-state index contributed by atoms with van der Waals surface area (Å²) in [6.07, 6.45) is 1.93. The molecule has 0 radical (unpaired) electrons. The van der Waals surface area contributed by atoms with Gasteiger partial charge in [-0.2, -0.15) is 0 Å². The molecule has 1 aliphatic heterocycles. The Bertz CT molecular complexity index is 614. The molecule has 1 aliphatic rings. The van der Waals surface area contributed by atoms with Gasteiger partial charge in [-0.15, -0.1) is 0 Å². The van der Waals surface area contributed by atoms with Crippen LogP contribution in [0.4, 0.5) is 5.69 Å². The smallest absolute Gasteiger partial charge is 0.273 e. The van der Waals surface area contributed by atoms with Crippen LogP contribution in [0.1, 0.15) is 49.5 Å². The average molecular weight is 333 g/mol. The van der Waals surface area contributed by atoms with Crippen LogP contribution in [0.15, 0.2) is 18.2 Å². The number of nitrogens with one attached hydrogen (secondary N) is 1. The zero-order valence-corrected chi connectivity index (χ0v) is 15.0. The number of piperidine rings is 1. The van der Waals surface area contributed by atoms with Gasteiger partial charge >= 0.3 is 0 Å². The first kappa shape index (κ1) is 18.4. The third-order valence-electron chi connectivity index (χ3n) is 4.64. The highest BCUT2D eigenvalue weighted by Crippen LogP contribution is 2.32. The normalized spacial score (nSPS) is 16.2. The second-order valence-electron chi connectivity index (χ2n) is 7.53. The molecule has 1 amide bonds. The summed E-state index contributed by atoms with van der Waals surface area (Å²) in [5.41, 5.74) is 0.743. The monoisotopic (exact) mass is 333 g/mol. The lowest BCUT2D eigenvalue weighted by atomic mass is 9.85. The minimum atomic E-state index is -0.392. The third kappa shape index (κ3) is 4.12. The van der Waals surface area contributed by atoms with E-state index >= 15 is 0 Å². The Kier molecular flexibility index (Phi) is 5.59. The Labute approximate surface area is 143 Å². The van der Waals surface area contributed by atoms with E-state index in [1.165, 1.54) is 6.07 Å². The number of carbonyl (C=O) groups is 1. The number of hydrogen-bond acceptors (Lipinski definition) is 4. The molecule has 1 aromatic carbocycles. The number of hydrogen-bond donors (Lipinski definition) is 1. The minimum Gasteiger partial charge on any atom is -0.339 e. The van der Waals surface area contributed by atoms with Crippen molar-refractivity contribution in [3.05, 3.63) is 39.4 Å². The van der Waals surface area contributed by atoms with Gasteiger partial charge in [0.2, 0.25) is 0 Å². The molecule has 6 nitrogen and oxygen atoms in total. The Hall–Kier alpha value is -1.95. The predicted molar refractivity (Wildman–Crippen MR) is 94.4 cm³/mol. The van der Waals surface area contributed by atoms with E-state index in [9.17, 15) is 14.9 Å². The van der Waals surface area contributed by atoms with Crippen molar-refractivity contribution in [3.8, 4) is 0 Å². The number of benzene rings is 1. The standard InChI is InChI=1S/C18H27N3O3/c1-18(2,3)15-6-5-14(11-16(15)21(23)24)17(22)20-9-7-13(8-10-20)12-19-4/h5-6,11,13,19H,7-10,12H2,1-4H3. The van der Waals surface area contributed by atoms with Crippen LogP contribution in [0.25, 0.3) is 0 Å². The fourth-order valence-electron chi connectivity index (χ4n) is 3.26. The van der Waals surface area contributed by atoms with Crippen molar-refractivity contribution in [3.63, 3.8) is 0 Å². The molecule has 1 fully saturated rings. The molecule has 1 heterocycles. The topological polar surface area (TPSA) is 75.5 Å². The van der Waals surface area contributed by atoms with Gasteiger partial charge in [-0.3, -0.25) is 14.9 Å². The fourth-order valence-corrected chi connectivity index (χ4v) is 3.26. The van der Waals surface area contributed by atoms with Gasteiger partial charge in [0.1, 0.15) is 0 Å². The molecule has 24 heavy (non-hydrogen) atoms. The van der Waals surface area contributed by atoms with Gasteiger partial charge in [0.25, 0.3) is 11.6 Å². The van der Waals surface area contributed by atoms with Crippen molar-refractivity contribution in [1.29, 1.82) is 0 Å². The van der Waals surface area contributed by atoms with Crippen molar-refractivity contribution < 1.29 is 9.72 Å². The molecule has 6 heteroatoms. The van der Waals surface area contributed by atoms with E-state index in [-0.39, 0.29) is 17.0 Å². The molecule has 0 unspecified atom stereocenters. The van der Waals surface area contributed by atoms with E-state index in [4.69, 9.17) is 0 Å². The zero-order chi connectivity index (χ0) is 17.9. The van der Waals surface area contributed by atoms with Gasteiger partial charge in [-0.25, -0.2) is 0 Å². The van der Waals surface area contributed by atoms with Gasteiger partial charge in [0.05, 0.1) is 4.92 Å². The number of nitrogens with zero attached hydrogens (tertiary/aromatic N) is 2. The van der Waals surface area contributed by atoms with E-state index in [1.807, 2.05) is 32.7 Å². The van der Waals surface area contributed by atoms with Crippen molar-refractivity contribution in [1.82, 2.24) is 10.2 Å². The van der Waals surface area contributed by atoms with Crippen molar-refractivity contribution in [2.45, 2.75) is 39.0 Å². The minimum absolute atomic E-state index is 0.0263. The summed E-state index contributed by atoms with van der Waals surface area (Å²) in [5, 5.41) is 14.6. The molecule has 132 valence electrons. The lowest BCUT2D eigenvalue weighted by molar-refractivity contribution is -0.386. The van der Waals surface area contributed by atoms with Gasteiger partial charge < -0.3 is 10.2 Å². The molecule has 1 aromatic rings. The van der Waals surface area contributed by atoms with Crippen LogP contribution < -0.4 is 5.32 Å². The van der Waals surface area contributed by atoms with E-state index < -0.39 is 4.92 Å². The molecule has 0 aromatic heterocycles. The van der Waals surface area contributed by atoms with Gasteiger partial charge in [0, 0.05) is 30.3 Å². The Morgan fingerprint density at radius 1 is 1.33 bits per heavy atom. The largest absolute Gasteiger partial charge is 0.339 e. The number of rotatable bonds is 4. The quantitative estimate of drug-likeness (QED) is 0.679. The lowest BCUT2D eigenvalue weighted by Gasteiger charge is -2.32. The second-order valence-corrected chi connectivity index (χ2v) is 7.53. The van der Waals surface area contributed by atoms with Gasteiger partial charge in [0.15, 0.2) is 0 Å². The number of nitro groups is 1. The first-order valence-corrected chi connectivity index (χ1v) is 8.47. The summed E-state index contributed by atoms with van der Waals surface area (Å²) in [6, 6.07) is 4.87. The highest BCUT2D eigenvalue weighted by molar-refractivity contribution is 5.95. The summed E-state index contributed by atoms with van der Waals surface area (Å²) in [4.78, 5) is 25.5. The Morgan fingerprint density at radius 2 is 1.96 bits per heavy atom. The molecule has 0 aliphatic carbocycles. The number of likely N-dealkylation sites (tertiary alicyclic amines) is 1. The van der Waals surface area contributed by atoms with Crippen LogP contribution in [-0.2, 0) is 5.41 Å². The second kappa shape index (κ2) is 7.30. The maximum atomic E-state index is 12.7. The number of carbonyl (C=O) groups excluding carboxylic acids is 1. The highest BCUT2D eigenvalue weighted by Gasteiger charge is 2.28. The van der Waals surface area contributed by atoms with Crippen LogP contribution in [0.5, 0.6) is 0 Å². The lowest BCUT2D eigenvalue weighted by Crippen LogP contribution is -2.40. The summed E-state index contributed by atoms with van der Waals surface area (Å²) < 4.78 is 0. The average Bonchev–Trinajstić information content (AvgIpc) is 2.54. The molecule has 0 saturated carbocycles. The SMILES string of the molecule is CNCC1CCN(C(=O)c2ccc(C(C)(C)C)c([N+](=O)[O-])c2)CC1. The zero-order valence-electron chi connectivity index (χ0n) is 15.0. The molecule has 2 rings (SSSR count). The van der Waals surface area contributed by atoms with Gasteiger partial charge in [-0.05, 0) is 43.8 Å². The Balaban J connectivity index is 2.19. The van der Waals surface area contributed by atoms with E-state index in [2.05, 4.69) is 5.32 Å². The summed E-state index contributed by atoms with van der Waals surface area (Å²) in [5.74, 6) is 0.484. The van der Waals surface area contributed by atoms with Gasteiger partial charge in [-0.1, -0.05) is 26.8 Å². The highest BCUT2D eigenvalue weighted by atomic mass is 16.6. The van der Waals surface area contributed by atoms with Crippen LogP contribution >= 0.6 is 0 Å². The van der Waals surface area contributed by atoms with Crippen molar-refractivity contribution in [2.75, 3.05) is 26.7 Å². The first-order valence-electron chi connectivity index (χ1n) is 8.47. The summed E-state index contributed by atoms with van der Waals surface area (Å²) in [7, 11) is 1.94. The maximum absolute atomic E-state index is 12.7. The molecular formula is C18H27N3O3. The van der Waals surface area contributed by atoms with E-state index in [0.717, 1.165) is 19.4 Å². The van der Waals surface area contributed by atoms with Crippen LogP contribution in [-0.4, -0.2) is 42.4 Å². The van der Waals surface area contributed by atoms with Crippen molar-refractivity contribution in [2.24, 2.45) is 5.92 Å². The molecule has 1 saturated heterocycles. The molecular weight excluding hydrogens is 306 g/mol. The summed E-state index contributed by atoms with van der Waals surface area (Å²) in [6.45, 7) is 8.18.